The van der Waals surface area contributed by atoms with Crippen molar-refractivity contribution in [2.45, 2.75) is 6.04 Å². The van der Waals surface area contributed by atoms with Crippen molar-refractivity contribution in [1.82, 2.24) is 0 Å². The number of carbonyl (C=O) groups excluding carboxylic acids is 1. The molecule has 0 bridgehead atoms. The van der Waals surface area contributed by atoms with Crippen molar-refractivity contribution >= 4 is 22.4 Å². The van der Waals surface area contributed by atoms with E-state index in [9.17, 15) is 4.79 Å². The van der Waals surface area contributed by atoms with E-state index in [-0.39, 0.29) is 5.91 Å². The maximum Gasteiger partial charge on any atom is 0.245 e. The number of benzene rings is 3. The maximum atomic E-state index is 12.3. The monoisotopic (exact) mass is 276 g/mol. The van der Waals surface area contributed by atoms with Gasteiger partial charge in [-0.1, -0.05) is 66.7 Å². The molecule has 1 atom stereocenters. The zero-order chi connectivity index (χ0) is 14.7. The summed E-state index contributed by atoms with van der Waals surface area (Å²) < 4.78 is 0. The molecular weight excluding hydrogens is 260 g/mol. The normalized spacial score (nSPS) is 12.0. The highest BCUT2D eigenvalue weighted by Gasteiger charge is 2.16. The quantitative estimate of drug-likeness (QED) is 0.769. The number of hydrogen-bond donors (Lipinski definition) is 2. The van der Waals surface area contributed by atoms with Crippen LogP contribution in [0.5, 0.6) is 0 Å². The molecule has 0 aliphatic carbocycles. The second-order valence-electron chi connectivity index (χ2n) is 4.90. The Morgan fingerprint density at radius 1 is 0.857 bits per heavy atom. The first-order chi connectivity index (χ1) is 10.3. The van der Waals surface area contributed by atoms with Gasteiger partial charge in [0.05, 0.1) is 0 Å². The molecule has 0 unspecified atom stereocenters. The van der Waals surface area contributed by atoms with Crippen LogP contribution in [0.25, 0.3) is 10.8 Å². The minimum atomic E-state index is -0.676. The van der Waals surface area contributed by atoms with Crippen LogP contribution in [0.15, 0.2) is 72.8 Å². The average molecular weight is 276 g/mol. The Bertz CT molecular complexity index is 763. The van der Waals surface area contributed by atoms with Crippen LogP contribution >= 0.6 is 0 Å². The standard InChI is InChI=1S/C18H16N2O/c19-17(14-8-2-1-3-9-14)18(21)20-16-12-6-10-13-7-4-5-11-15(13)16/h1-12,17H,19H2,(H,20,21)/t17-/m0/s1. The lowest BCUT2D eigenvalue weighted by Crippen LogP contribution is -2.27. The third-order valence-corrected chi connectivity index (χ3v) is 3.49. The number of nitrogens with two attached hydrogens (primary N) is 1. The van der Waals surface area contributed by atoms with E-state index in [2.05, 4.69) is 5.32 Å². The fraction of sp³-hybridized carbons (Fsp3) is 0.0556. The summed E-state index contributed by atoms with van der Waals surface area (Å²) in [4.78, 5) is 12.3. The third-order valence-electron chi connectivity index (χ3n) is 3.49. The number of carbonyl (C=O) groups is 1. The molecule has 0 aliphatic heterocycles. The van der Waals surface area contributed by atoms with Crippen LogP contribution in [0.4, 0.5) is 5.69 Å². The molecule has 0 spiro atoms. The lowest BCUT2D eigenvalue weighted by atomic mass is 10.1. The van der Waals surface area contributed by atoms with Crippen LogP contribution in [-0.2, 0) is 4.79 Å². The van der Waals surface area contributed by atoms with Gasteiger partial charge in [0, 0.05) is 11.1 Å². The Balaban J connectivity index is 1.87. The number of rotatable bonds is 3. The molecule has 3 aromatic rings. The van der Waals surface area contributed by atoms with Crippen LogP contribution in [0.1, 0.15) is 11.6 Å². The summed E-state index contributed by atoms with van der Waals surface area (Å²) in [5.41, 5.74) is 7.60. The molecule has 3 rings (SSSR count). The van der Waals surface area contributed by atoms with E-state index >= 15 is 0 Å². The molecule has 0 aliphatic rings. The van der Waals surface area contributed by atoms with Gasteiger partial charge in [0.2, 0.25) is 5.91 Å². The van der Waals surface area contributed by atoms with E-state index in [0.717, 1.165) is 22.0 Å². The first-order valence-electron chi connectivity index (χ1n) is 6.85. The summed E-state index contributed by atoms with van der Waals surface area (Å²) in [6.45, 7) is 0. The molecule has 0 fully saturated rings. The average Bonchev–Trinajstić information content (AvgIpc) is 2.55. The summed E-state index contributed by atoms with van der Waals surface area (Å²) >= 11 is 0. The minimum absolute atomic E-state index is 0.211. The SMILES string of the molecule is N[C@H](C(=O)Nc1cccc2ccccc12)c1ccccc1. The summed E-state index contributed by atoms with van der Waals surface area (Å²) in [7, 11) is 0. The zero-order valence-electron chi connectivity index (χ0n) is 11.5. The van der Waals surface area contributed by atoms with Gasteiger partial charge in [0.1, 0.15) is 6.04 Å². The Labute approximate surface area is 123 Å². The van der Waals surface area contributed by atoms with Crippen molar-refractivity contribution in [2.75, 3.05) is 5.32 Å². The molecule has 104 valence electrons. The van der Waals surface area contributed by atoms with Crippen molar-refractivity contribution < 1.29 is 4.79 Å². The molecule has 0 heterocycles. The summed E-state index contributed by atoms with van der Waals surface area (Å²) in [5.74, 6) is -0.211. The van der Waals surface area contributed by atoms with Crippen LogP contribution in [-0.4, -0.2) is 5.91 Å². The van der Waals surface area contributed by atoms with Gasteiger partial charge < -0.3 is 11.1 Å². The molecule has 3 aromatic carbocycles. The lowest BCUT2D eigenvalue weighted by molar-refractivity contribution is -0.117. The minimum Gasteiger partial charge on any atom is -0.324 e. The van der Waals surface area contributed by atoms with Crippen molar-refractivity contribution in [3.05, 3.63) is 78.4 Å². The molecule has 0 saturated heterocycles. The molecule has 0 saturated carbocycles. The predicted molar refractivity (Wildman–Crippen MR) is 85.9 cm³/mol. The largest absolute Gasteiger partial charge is 0.324 e. The van der Waals surface area contributed by atoms with E-state index in [1.807, 2.05) is 72.8 Å². The fourth-order valence-corrected chi connectivity index (χ4v) is 2.36. The first-order valence-corrected chi connectivity index (χ1v) is 6.85. The zero-order valence-corrected chi connectivity index (χ0v) is 11.5. The van der Waals surface area contributed by atoms with Crippen LogP contribution in [0, 0.1) is 0 Å². The van der Waals surface area contributed by atoms with Gasteiger partial charge in [-0.25, -0.2) is 0 Å². The highest BCUT2D eigenvalue weighted by atomic mass is 16.2. The van der Waals surface area contributed by atoms with Crippen LogP contribution in [0.2, 0.25) is 0 Å². The summed E-state index contributed by atoms with van der Waals surface area (Å²) in [6.07, 6.45) is 0. The van der Waals surface area contributed by atoms with Gasteiger partial charge in [-0.2, -0.15) is 0 Å². The van der Waals surface area contributed by atoms with Gasteiger partial charge in [-0.3, -0.25) is 4.79 Å². The summed E-state index contributed by atoms with van der Waals surface area (Å²) in [5, 5.41) is 5.01. The number of anilines is 1. The van der Waals surface area contributed by atoms with Gasteiger partial charge in [-0.05, 0) is 17.0 Å². The van der Waals surface area contributed by atoms with Gasteiger partial charge in [0.15, 0.2) is 0 Å². The summed E-state index contributed by atoms with van der Waals surface area (Å²) in [6, 6.07) is 22.4. The Morgan fingerprint density at radius 2 is 1.52 bits per heavy atom. The Morgan fingerprint density at radius 3 is 2.33 bits per heavy atom. The molecular formula is C18H16N2O. The van der Waals surface area contributed by atoms with E-state index in [1.54, 1.807) is 0 Å². The lowest BCUT2D eigenvalue weighted by Gasteiger charge is -2.14. The molecule has 0 radical (unpaired) electrons. The van der Waals surface area contributed by atoms with Crippen LogP contribution in [0.3, 0.4) is 0 Å². The number of amides is 1. The predicted octanol–water partition coefficient (Wildman–Crippen LogP) is 3.48. The van der Waals surface area contributed by atoms with E-state index in [1.165, 1.54) is 0 Å². The van der Waals surface area contributed by atoms with Gasteiger partial charge in [0.25, 0.3) is 0 Å². The second kappa shape index (κ2) is 5.77. The second-order valence-corrected chi connectivity index (χ2v) is 4.90. The molecule has 21 heavy (non-hydrogen) atoms. The smallest absolute Gasteiger partial charge is 0.245 e. The van der Waals surface area contributed by atoms with Gasteiger partial charge in [-0.15, -0.1) is 0 Å². The van der Waals surface area contributed by atoms with E-state index in [0.29, 0.717) is 0 Å². The molecule has 1 amide bonds. The number of fused-ring (bicyclic) bond motifs is 1. The highest BCUT2D eigenvalue weighted by molar-refractivity contribution is 6.03. The molecule has 3 heteroatoms. The Hall–Kier alpha value is -2.65. The Kier molecular flexibility index (Phi) is 3.67. The highest BCUT2D eigenvalue weighted by Crippen LogP contribution is 2.24. The molecule has 0 aromatic heterocycles. The van der Waals surface area contributed by atoms with Crippen molar-refractivity contribution in [3.63, 3.8) is 0 Å². The number of hydrogen-bond acceptors (Lipinski definition) is 2. The fourth-order valence-electron chi connectivity index (χ4n) is 2.36. The molecule has 3 nitrogen and oxygen atoms in total. The van der Waals surface area contributed by atoms with E-state index < -0.39 is 6.04 Å². The van der Waals surface area contributed by atoms with Crippen LogP contribution < -0.4 is 11.1 Å². The van der Waals surface area contributed by atoms with Crippen molar-refractivity contribution in [3.8, 4) is 0 Å². The first kappa shape index (κ1) is 13.3. The van der Waals surface area contributed by atoms with Crippen molar-refractivity contribution in [1.29, 1.82) is 0 Å². The topological polar surface area (TPSA) is 55.1 Å². The van der Waals surface area contributed by atoms with E-state index in [4.69, 9.17) is 5.73 Å². The maximum absolute atomic E-state index is 12.3. The third kappa shape index (κ3) is 2.78. The van der Waals surface area contributed by atoms with Crippen molar-refractivity contribution in [2.24, 2.45) is 5.73 Å². The molecule has 3 N–H and O–H groups in total. The van der Waals surface area contributed by atoms with Gasteiger partial charge >= 0.3 is 0 Å². The number of nitrogens with one attached hydrogen (secondary N) is 1.